The summed E-state index contributed by atoms with van der Waals surface area (Å²) in [6.07, 6.45) is 0. The van der Waals surface area contributed by atoms with E-state index in [9.17, 15) is 0 Å². The van der Waals surface area contributed by atoms with Crippen LogP contribution < -0.4 is 0 Å². The Hall–Kier alpha value is -4.59. The van der Waals surface area contributed by atoms with E-state index in [0.29, 0.717) is 0 Å². The number of halogens is 1. The van der Waals surface area contributed by atoms with E-state index in [1.54, 1.807) is 0 Å². The van der Waals surface area contributed by atoms with E-state index < -0.39 is 5.41 Å². The highest BCUT2D eigenvalue weighted by Gasteiger charge is 2.53. The zero-order chi connectivity index (χ0) is 25.7. The average molecular weight is 517 g/mol. The second kappa shape index (κ2) is 7.50. The molecular weight excluding hydrogens is 496 g/mol. The average Bonchev–Trinajstić information content (AvgIpc) is 3.61. The normalized spacial score (nSPS) is 16.4. The van der Waals surface area contributed by atoms with Gasteiger partial charge in [0.25, 0.3) is 0 Å². The highest BCUT2D eigenvalue weighted by Crippen LogP contribution is 2.65. The molecule has 1 unspecified atom stereocenters. The van der Waals surface area contributed by atoms with E-state index in [0.717, 1.165) is 21.6 Å². The van der Waals surface area contributed by atoms with E-state index in [1.807, 2.05) is 18.2 Å². The van der Waals surface area contributed by atoms with Gasteiger partial charge in [0.1, 0.15) is 11.2 Å². The first-order chi connectivity index (χ1) is 19.3. The fraction of sp³-hybridized carbons (Fsp3) is 0.0270. The third kappa shape index (κ3) is 2.56. The second-order valence-corrected chi connectivity index (χ2v) is 11.0. The fourth-order valence-electron chi connectivity index (χ4n) is 7.37. The lowest BCUT2D eigenvalue weighted by Crippen LogP contribution is -2.26. The summed E-state index contributed by atoms with van der Waals surface area (Å²) in [4.78, 5) is 0. The molecule has 0 N–H and O–H groups in total. The molecule has 0 saturated heterocycles. The predicted octanol–water partition coefficient (Wildman–Crippen LogP) is 10.2. The largest absolute Gasteiger partial charge is 0.456 e. The zero-order valence-corrected chi connectivity index (χ0v) is 21.7. The molecule has 1 nitrogen and oxygen atoms in total. The van der Waals surface area contributed by atoms with Gasteiger partial charge in [0.05, 0.1) is 5.41 Å². The molecule has 0 amide bonds. The van der Waals surface area contributed by atoms with Crippen LogP contribution in [0.1, 0.15) is 22.3 Å². The maximum Gasteiger partial charge on any atom is 0.136 e. The molecule has 1 spiro atoms. The first-order valence-corrected chi connectivity index (χ1v) is 13.7. The van der Waals surface area contributed by atoms with Crippen molar-refractivity contribution in [1.82, 2.24) is 0 Å². The van der Waals surface area contributed by atoms with Crippen LogP contribution in [0.3, 0.4) is 0 Å². The molecule has 1 heterocycles. The minimum atomic E-state index is -0.444. The summed E-state index contributed by atoms with van der Waals surface area (Å²) in [5.74, 6) is 0. The lowest BCUT2D eigenvalue weighted by molar-refractivity contribution is 0.668. The Balaban J connectivity index is 1.51. The molecule has 0 bridgehead atoms. The fourth-order valence-corrected chi connectivity index (χ4v) is 7.50. The SMILES string of the molecule is Clc1ccc(-c2cccc3c2C2(c4ccccc4-3)c3ccccc3-c3c2ccc2oc4ccccc4c32)cc1. The van der Waals surface area contributed by atoms with Crippen molar-refractivity contribution in [2.45, 2.75) is 5.41 Å². The minimum Gasteiger partial charge on any atom is -0.456 e. The summed E-state index contributed by atoms with van der Waals surface area (Å²) in [5.41, 5.74) is 14.3. The van der Waals surface area contributed by atoms with E-state index in [1.165, 1.54) is 61.0 Å². The van der Waals surface area contributed by atoms with Crippen molar-refractivity contribution in [3.63, 3.8) is 0 Å². The molecule has 0 saturated carbocycles. The molecule has 2 aliphatic rings. The number of benzene rings is 6. The molecule has 0 radical (unpaired) electrons. The van der Waals surface area contributed by atoms with E-state index in [2.05, 4.69) is 109 Å². The molecule has 1 atom stereocenters. The molecule has 6 aromatic carbocycles. The van der Waals surface area contributed by atoms with Gasteiger partial charge in [0.15, 0.2) is 0 Å². The molecule has 2 heteroatoms. The number of hydrogen-bond acceptors (Lipinski definition) is 1. The summed E-state index contributed by atoms with van der Waals surface area (Å²) in [5, 5.41) is 3.10. The van der Waals surface area contributed by atoms with Gasteiger partial charge in [-0.25, -0.2) is 0 Å². The van der Waals surface area contributed by atoms with Gasteiger partial charge in [-0.1, -0.05) is 115 Å². The van der Waals surface area contributed by atoms with Crippen molar-refractivity contribution in [3.8, 4) is 33.4 Å². The number of hydrogen-bond donors (Lipinski definition) is 0. The molecule has 1 aromatic heterocycles. The summed E-state index contributed by atoms with van der Waals surface area (Å²) in [6, 6.07) is 45.8. The Kier molecular flexibility index (Phi) is 4.11. The molecular formula is C37H21ClO. The maximum atomic E-state index is 6.37. The van der Waals surface area contributed by atoms with E-state index in [4.69, 9.17) is 16.0 Å². The molecule has 7 aromatic rings. The number of fused-ring (bicyclic) bond motifs is 14. The van der Waals surface area contributed by atoms with Crippen LogP contribution in [0.5, 0.6) is 0 Å². The Morgan fingerprint density at radius 2 is 1.15 bits per heavy atom. The Bertz CT molecular complexity index is 2130. The third-order valence-electron chi connectivity index (χ3n) is 8.76. The summed E-state index contributed by atoms with van der Waals surface area (Å²) < 4.78 is 6.37. The summed E-state index contributed by atoms with van der Waals surface area (Å²) in [6.45, 7) is 0. The van der Waals surface area contributed by atoms with Crippen LogP contribution in [0.25, 0.3) is 55.3 Å². The van der Waals surface area contributed by atoms with E-state index >= 15 is 0 Å². The van der Waals surface area contributed by atoms with Gasteiger partial charge < -0.3 is 4.42 Å². The van der Waals surface area contributed by atoms with Crippen LogP contribution in [0.15, 0.2) is 132 Å². The number of rotatable bonds is 1. The minimum absolute atomic E-state index is 0.444. The van der Waals surface area contributed by atoms with E-state index in [-0.39, 0.29) is 0 Å². The molecule has 39 heavy (non-hydrogen) atoms. The van der Waals surface area contributed by atoms with Gasteiger partial charge in [0, 0.05) is 15.8 Å². The van der Waals surface area contributed by atoms with Crippen molar-refractivity contribution >= 4 is 33.5 Å². The molecule has 0 fully saturated rings. The van der Waals surface area contributed by atoms with Crippen molar-refractivity contribution in [3.05, 3.63) is 155 Å². The van der Waals surface area contributed by atoms with Gasteiger partial charge in [-0.15, -0.1) is 0 Å². The standard InChI is InChI=1S/C37H21ClO/c38-23-18-16-22(17-19-23)24-11-7-12-26-25-8-1-4-13-29(25)37(36(24)26)30-14-5-2-9-27(30)34-31(37)20-21-33-35(34)28-10-3-6-15-32(28)39-33/h1-21H. The van der Waals surface area contributed by atoms with Gasteiger partial charge in [-0.2, -0.15) is 0 Å². The molecule has 182 valence electrons. The molecule has 9 rings (SSSR count). The van der Waals surface area contributed by atoms with Gasteiger partial charge in [0.2, 0.25) is 0 Å². The van der Waals surface area contributed by atoms with Crippen molar-refractivity contribution in [1.29, 1.82) is 0 Å². The smallest absolute Gasteiger partial charge is 0.136 e. The Labute approximate surface area is 230 Å². The topological polar surface area (TPSA) is 13.1 Å². The van der Waals surface area contributed by atoms with Crippen molar-refractivity contribution in [2.24, 2.45) is 0 Å². The van der Waals surface area contributed by atoms with Crippen molar-refractivity contribution in [2.75, 3.05) is 0 Å². The van der Waals surface area contributed by atoms with Crippen LogP contribution >= 0.6 is 11.6 Å². The molecule has 2 aliphatic carbocycles. The Morgan fingerprint density at radius 3 is 2.00 bits per heavy atom. The van der Waals surface area contributed by atoms with Crippen LogP contribution in [0.4, 0.5) is 0 Å². The van der Waals surface area contributed by atoms with Gasteiger partial charge >= 0.3 is 0 Å². The Morgan fingerprint density at radius 1 is 0.487 bits per heavy atom. The van der Waals surface area contributed by atoms with Gasteiger partial charge in [-0.05, 0) is 79.9 Å². The first-order valence-electron chi connectivity index (χ1n) is 13.3. The maximum absolute atomic E-state index is 6.37. The predicted molar refractivity (Wildman–Crippen MR) is 160 cm³/mol. The number of para-hydroxylation sites is 1. The summed E-state index contributed by atoms with van der Waals surface area (Å²) >= 11 is 6.33. The molecule has 0 aliphatic heterocycles. The highest BCUT2D eigenvalue weighted by molar-refractivity contribution is 6.30. The van der Waals surface area contributed by atoms with Crippen LogP contribution in [-0.4, -0.2) is 0 Å². The quantitative estimate of drug-likeness (QED) is 0.211. The lowest BCUT2D eigenvalue weighted by Gasteiger charge is -2.32. The van der Waals surface area contributed by atoms with Crippen LogP contribution in [-0.2, 0) is 5.41 Å². The van der Waals surface area contributed by atoms with Gasteiger partial charge in [-0.3, -0.25) is 0 Å². The first kappa shape index (κ1) is 21.4. The zero-order valence-electron chi connectivity index (χ0n) is 20.9. The second-order valence-electron chi connectivity index (χ2n) is 10.5. The summed E-state index contributed by atoms with van der Waals surface area (Å²) in [7, 11) is 0. The van der Waals surface area contributed by atoms with Crippen LogP contribution in [0, 0.1) is 0 Å². The third-order valence-corrected chi connectivity index (χ3v) is 9.02. The lowest BCUT2D eigenvalue weighted by atomic mass is 9.68. The van der Waals surface area contributed by atoms with Crippen molar-refractivity contribution < 1.29 is 4.42 Å². The van der Waals surface area contributed by atoms with Crippen LogP contribution in [0.2, 0.25) is 5.02 Å². The number of furan rings is 1. The monoisotopic (exact) mass is 516 g/mol. The highest BCUT2D eigenvalue weighted by atomic mass is 35.5.